The lowest BCUT2D eigenvalue weighted by Gasteiger charge is -2.21. The minimum absolute atomic E-state index is 0.0334. The monoisotopic (exact) mass is 214 g/mol. The van der Waals surface area contributed by atoms with Crippen molar-refractivity contribution in [2.45, 2.75) is 19.3 Å². The van der Waals surface area contributed by atoms with E-state index in [1.54, 1.807) is 7.11 Å². The summed E-state index contributed by atoms with van der Waals surface area (Å²) >= 11 is 0. The Morgan fingerprint density at radius 3 is 3.07 bits per heavy atom. The molecule has 2 N–H and O–H groups in total. The fourth-order valence-electron chi connectivity index (χ4n) is 1.53. The van der Waals surface area contributed by atoms with Gasteiger partial charge in [0.05, 0.1) is 5.92 Å². The molecule has 0 aromatic carbocycles. The summed E-state index contributed by atoms with van der Waals surface area (Å²) in [6.07, 6.45) is 1.93. The molecule has 0 radical (unpaired) electrons. The number of methoxy groups -OCH3 is 1. The fraction of sp³-hybridized carbons (Fsp3) is 0.800. The van der Waals surface area contributed by atoms with Crippen LogP contribution in [0.15, 0.2) is 0 Å². The van der Waals surface area contributed by atoms with Crippen LogP contribution in [0.2, 0.25) is 0 Å². The number of amides is 2. The molecule has 1 atom stereocenters. The average Bonchev–Trinajstić information content (AvgIpc) is 2.25. The molecular weight excluding hydrogens is 196 g/mol. The first-order chi connectivity index (χ1) is 7.24. The Morgan fingerprint density at radius 2 is 2.47 bits per heavy atom. The van der Waals surface area contributed by atoms with Gasteiger partial charge in [-0.05, 0) is 12.8 Å². The van der Waals surface area contributed by atoms with E-state index in [1.165, 1.54) is 0 Å². The number of hydrogen-bond acceptors (Lipinski definition) is 3. The third kappa shape index (κ3) is 4.29. The standard InChI is InChI=1S/C10H18N2O3/c1-15-6-2-5-11-10(14)8-3-4-9(13)12-7-8/h8H,2-7H2,1H3,(H,11,14)(H,12,13). The van der Waals surface area contributed by atoms with E-state index in [1.807, 2.05) is 0 Å². The Bertz CT molecular complexity index is 221. The van der Waals surface area contributed by atoms with Crippen molar-refractivity contribution in [1.82, 2.24) is 10.6 Å². The van der Waals surface area contributed by atoms with E-state index in [9.17, 15) is 9.59 Å². The molecule has 1 aliphatic rings. The van der Waals surface area contributed by atoms with Crippen LogP contribution in [0.1, 0.15) is 19.3 Å². The van der Waals surface area contributed by atoms with Gasteiger partial charge < -0.3 is 15.4 Å². The molecule has 1 saturated heterocycles. The minimum atomic E-state index is -0.0646. The van der Waals surface area contributed by atoms with Gasteiger partial charge in [-0.1, -0.05) is 0 Å². The van der Waals surface area contributed by atoms with Gasteiger partial charge in [-0.3, -0.25) is 9.59 Å². The third-order valence-corrected chi connectivity index (χ3v) is 2.46. The molecule has 1 heterocycles. The van der Waals surface area contributed by atoms with E-state index < -0.39 is 0 Å². The molecule has 0 aromatic rings. The molecule has 0 aliphatic carbocycles. The summed E-state index contributed by atoms with van der Waals surface area (Å²) in [6, 6.07) is 0. The molecule has 86 valence electrons. The number of piperidine rings is 1. The lowest BCUT2D eigenvalue weighted by Crippen LogP contribution is -2.43. The molecule has 5 nitrogen and oxygen atoms in total. The highest BCUT2D eigenvalue weighted by Gasteiger charge is 2.23. The third-order valence-electron chi connectivity index (χ3n) is 2.46. The number of nitrogens with one attached hydrogen (secondary N) is 2. The van der Waals surface area contributed by atoms with Crippen LogP contribution in [-0.4, -0.2) is 38.6 Å². The molecule has 1 aliphatic heterocycles. The van der Waals surface area contributed by atoms with E-state index in [-0.39, 0.29) is 17.7 Å². The van der Waals surface area contributed by atoms with Gasteiger partial charge in [0.15, 0.2) is 0 Å². The first-order valence-electron chi connectivity index (χ1n) is 5.27. The first kappa shape index (κ1) is 12.0. The van der Waals surface area contributed by atoms with Crippen LogP contribution in [0.3, 0.4) is 0 Å². The number of hydrogen-bond donors (Lipinski definition) is 2. The van der Waals surface area contributed by atoms with Crippen LogP contribution in [0.4, 0.5) is 0 Å². The summed E-state index contributed by atoms with van der Waals surface area (Å²) in [5.74, 6) is 0.00906. The van der Waals surface area contributed by atoms with Crippen LogP contribution >= 0.6 is 0 Å². The predicted octanol–water partition coefficient (Wildman–Crippen LogP) is -0.335. The Hall–Kier alpha value is -1.10. The molecule has 2 amide bonds. The summed E-state index contributed by atoms with van der Waals surface area (Å²) in [7, 11) is 1.64. The normalized spacial score (nSPS) is 20.9. The lowest BCUT2D eigenvalue weighted by atomic mass is 9.98. The summed E-state index contributed by atoms with van der Waals surface area (Å²) in [5.41, 5.74) is 0. The zero-order valence-corrected chi connectivity index (χ0v) is 9.04. The maximum atomic E-state index is 11.6. The van der Waals surface area contributed by atoms with Crippen molar-refractivity contribution in [3.8, 4) is 0 Å². The molecule has 0 aromatic heterocycles. The molecule has 1 fully saturated rings. The maximum Gasteiger partial charge on any atom is 0.224 e. The van der Waals surface area contributed by atoms with E-state index in [0.29, 0.717) is 32.5 Å². The Balaban J connectivity index is 2.14. The molecule has 15 heavy (non-hydrogen) atoms. The molecule has 0 saturated carbocycles. The average molecular weight is 214 g/mol. The van der Waals surface area contributed by atoms with E-state index in [2.05, 4.69) is 10.6 Å². The molecule has 1 unspecified atom stereocenters. The molecule has 1 rings (SSSR count). The Morgan fingerprint density at radius 1 is 1.67 bits per heavy atom. The van der Waals surface area contributed by atoms with Gasteiger partial charge in [0.1, 0.15) is 0 Å². The van der Waals surface area contributed by atoms with Crippen LogP contribution in [0.25, 0.3) is 0 Å². The topological polar surface area (TPSA) is 67.4 Å². The first-order valence-corrected chi connectivity index (χ1v) is 5.27. The summed E-state index contributed by atoms with van der Waals surface area (Å²) in [6.45, 7) is 1.76. The number of ether oxygens (including phenoxy) is 1. The maximum absolute atomic E-state index is 11.6. The highest BCUT2D eigenvalue weighted by Crippen LogP contribution is 2.10. The smallest absolute Gasteiger partial charge is 0.224 e. The zero-order valence-electron chi connectivity index (χ0n) is 9.04. The molecular formula is C10H18N2O3. The largest absolute Gasteiger partial charge is 0.385 e. The highest BCUT2D eigenvalue weighted by molar-refractivity contribution is 5.83. The Labute approximate surface area is 89.6 Å². The van der Waals surface area contributed by atoms with Gasteiger partial charge in [-0.25, -0.2) is 0 Å². The van der Waals surface area contributed by atoms with Crippen molar-refractivity contribution in [2.75, 3.05) is 26.8 Å². The van der Waals surface area contributed by atoms with Crippen molar-refractivity contribution >= 4 is 11.8 Å². The van der Waals surface area contributed by atoms with Gasteiger partial charge in [0.25, 0.3) is 0 Å². The van der Waals surface area contributed by atoms with Crippen molar-refractivity contribution in [1.29, 1.82) is 0 Å². The molecule has 5 heteroatoms. The SMILES string of the molecule is COCCCNC(=O)C1CCC(=O)NC1. The van der Waals surface area contributed by atoms with Crippen molar-refractivity contribution in [2.24, 2.45) is 5.92 Å². The summed E-state index contributed by atoms with van der Waals surface area (Å²) in [4.78, 5) is 22.4. The van der Waals surface area contributed by atoms with Gasteiger partial charge in [-0.2, -0.15) is 0 Å². The highest BCUT2D eigenvalue weighted by atomic mass is 16.5. The second-order valence-corrected chi connectivity index (χ2v) is 3.68. The summed E-state index contributed by atoms with van der Waals surface area (Å²) in [5, 5.41) is 5.52. The van der Waals surface area contributed by atoms with Crippen LogP contribution in [-0.2, 0) is 14.3 Å². The van der Waals surface area contributed by atoms with E-state index >= 15 is 0 Å². The van der Waals surface area contributed by atoms with E-state index in [0.717, 1.165) is 6.42 Å². The number of carbonyl (C=O) groups excluding carboxylic acids is 2. The van der Waals surface area contributed by atoms with Gasteiger partial charge >= 0.3 is 0 Å². The molecule has 0 spiro atoms. The van der Waals surface area contributed by atoms with E-state index in [4.69, 9.17) is 4.74 Å². The quantitative estimate of drug-likeness (QED) is 0.615. The number of rotatable bonds is 5. The van der Waals surface area contributed by atoms with Gasteiger partial charge in [-0.15, -0.1) is 0 Å². The Kier molecular flexibility index (Phi) is 5.10. The predicted molar refractivity (Wildman–Crippen MR) is 55.2 cm³/mol. The molecule has 0 bridgehead atoms. The van der Waals surface area contributed by atoms with Crippen molar-refractivity contribution < 1.29 is 14.3 Å². The second-order valence-electron chi connectivity index (χ2n) is 3.68. The second kappa shape index (κ2) is 6.40. The lowest BCUT2D eigenvalue weighted by molar-refractivity contribution is -0.128. The summed E-state index contributed by atoms with van der Waals surface area (Å²) < 4.78 is 4.87. The minimum Gasteiger partial charge on any atom is -0.385 e. The zero-order chi connectivity index (χ0) is 11.1. The fourth-order valence-corrected chi connectivity index (χ4v) is 1.53. The van der Waals surface area contributed by atoms with Crippen LogP contribution in [0.5, 0.6) is 0 Å². The van der Waals surface area contributed by atoms with Gasteiger partial charge in [0, 0.05) is 33.2 Å². The van der Waals surface area contributed by atoms with Crippen molar-refractivity contribution in [3.63, 3.8) is 0 Å². The van der Waals surface area contributed by atoms with Crippen molar-refractivity contribution in [3.05, 3.63) is 0 Å². The van der Waals surface area contributed by atoms with Crippen LogP contribution in [0, 0.1) is 5.92 Å². The van der Waals surface area contributed by atoms with Crippen LogP contribution < -0.4 is 10.6 Å². The number of carbonyl (C=O) groups is 2. The van der Waals surface area contributed by atoms with Gasteiger partial charge in [0.2, 0.25) is 11.8 Å².